The fraction of sp³-hybridized carbons (Fsp3) is 0.409. The van der Waals surface area contributed by atoms with E-state index in [-0.39, 0.29) is 16.7 Å². The van der Waals surface area contributed by atoms with Crippen molar-refractivity contribution in [2.45, 2.75) is 43.9 Å². The highest BCUT2D eigenvalue weighted by Gasteiger charge is 2.28. The van der Waals surface area contributed by atoms with Crippen molar-refractivity contribution in [3.8, 4) is 0 Å². The lowest BCUT2D eigenvalue weighted by Crippen LogP contribution is -2.39. The highest BCUT2D eigenvalue weighted by atomic mass is 32.2. The topological polar surface area (TPSA) is 66.5 Å². The summed E-state index contributed by atoms with van der Waals surface area (Å²) >= 11 is 0. The minimum atomic E-state index is -3.48. The van der Waals surface area contributed by atoms with Crippen LogP contribution in [0.25, 0.3) is 0 Å². The van der Waals surface area contributed by atoms with E-state index in [0.717, 1.165) is 18.4 Å². The first-order chi connectivity index (χ1) is 13.4. The number of carbonyl (C=O) groups is 1. The van der Waals surface area contributed by atoms with Crippen molar-refractivity contribution >= 4 is 21.6 Å². The monoisotopic (exact) mass is 400 g/mol. The number of hydrogen-bond acceptors (Lipinski definition) is 3. The summed E-state index contributed by atoms with van der Waals surface area (Å²) in [4.78, 5) is 12.9. The van der Waals surface area contributed by atoms with Gasteiger partial charge in [0.25, 0.3) is 0 Å². The summed E-state index contributed by atoms with van der Waals surface area (Å²) in [5.74, 6) is 0.0552. The van der Waals surface area contributed by atoms with Crippen LogP contribution in [0.15, 0.2) is 59.5 Å². The highest BCUT2D eigenvalue weighted by molar-refractivity contribution is 7.89. The third-order valence-corrected chi connectivity index (χ3v) is 7.19. The average molecular weight is 401 g/mol. The summed E-state index contributed by atoms with van der Waals surface area (Å²) in [5, 5.41) is 2.91. The molecule has 1 fully saturated rings. The Labute approximate surface area is 167 Å². The summed E-state index contributed by atoms with van der Waals surface area (Å²) < 4.78 is 27.3. The molecule has 0 aromatic heterocycles. The van der Waals surface area contributed by atoms with Gasteiger partial charge in [-0.25, -0.2) is 8.42 Å². The molecule has 2 atom stereocenters. The van der Waals surface area contributed by atoms with Crippen LogP contribution < -0.4 is 5.32 Å². The van der Waals surface area contributed by atoms with E-state index in [9.17, 15) is 13.2 Å². The van der Waals surface area contributed by atoms with Gasteiger partial charge < -0.3 is 5.32 Å². The van der Waals surface area contributed by atoms with E-state index >= 15 is 0 Å². The van der Waals surface area contributed by atoms with Crippen molar-refractivity contribution in [1.82, 2.24) is 4.31 Å². The van der Waals surface area contributed by atoms with Gasteiger partial charge in [0.1, 0.15) is 0 Å². The number of rotatable bonds is 6. The molecule has 0 spiro atoms. The molecule has 150 valence electrons. The molecule has 2 aromatic carbocycles. The van der Waals surface area contributed by atoms with Crippen molar-refractivity contribution in [3.05, 3.63) is 60.2 Å². The number of benzene rings is 2. The smallest absolute Gasteiger partial charge is 0.243 e. The first-order valence-corrected chi connectivity index (χ1v) is 11.3. The van der Waals surface area contributed by atoms with Crippen LogP contribution in [0.3, 0.4) is 0 Å². The van der Waals surface area contributed by atoms with E-state index in [1.165, 1.54) is 0 Å². The van der Waals surface area contributed by atoms with E-state index in [1.54, 1.807) is 28.6 Å². The largest absolute Gasteiger partial charge is 0.326 e. The van der Waals surface area contributed by atoms with Crippen LogP contribution in [-0.2, 0) is 14.8 Å². The van der Waals surface area contributed by atoms with E-state index in [4.69, 9.17) is 0 Å². The number of amides is 1. The second-order valence-corrected chi connectivity index (χ2v) is 9.43. The molecule has 3 rings (SSSR count). The van der Waals surface area contributed by atoms with Crippen LogP contribution in [0.5, 0.6) is 0 Å². The second kappa shape index (κ2) is 8.88. The van der Waals surface area contributed by atoms with E-state index in [0.29, 0.717) is 31.1 Å². The molecule has 1 aliphatic heterocycles. The number of sulfonamides is 1. The number of piperidine rings is 1. The Kier molecular flexibility index (Phi) is 6.52. The summed E-state index contributed by atoms with van der Waals surface area (Å²) in [6.45, 7) is 5.19. The molecule has 2 unspecified atom stereocenters. The van der Waals surface area contributed by atoms with Crippen LogP contribution in [0.4, 0.5) is 5.69 Å². The molecule has 0 bridgehead atoms. The molecular weight excluding hydrogens is 372 g/mol. The van der Waals surface area contributed by atoms with Crippen molar-refractivity contribution < 1.29 is 13.2 Å². The van der Waals surface area contributed by atoms with Gasteiger partial charge in [-0.05, 0) is 55.0 Å². The summed E-state index contributed by atoms with van der Waals surface area (Å²) in [6.07, 6.45) is 2.65. The van der Waals surface area contributed by atoms with E-state index in [1.807, 2.05) is 37.3 Å². The molecule has 0 aliphatic carbocycles. The second-order valence-electron chi connectivity index (χ2n) is 7.50. The molecule has 28 heavy (non-hydrogen) atoms. The van der Waals surface area contributed by atoms with Crippen LogP contribution in [-0.4, -0.2) is 31.7 Å². The molecule has 1 saturated heterocycles. The Bertz CT molecular complexity index is 895. The van der Waals surface area contributed by atoms with Crippen molar-refractivity contribution in [2.75, 3.05) is 18.4 Å². The quantitative estimate of drug-likeness (QED) is 0.789. The van der Waals surface area contributed by atoms with Gasteiger partial charge in [0.2, 0.25) is 15.9 Å². The van der Waals surface area contributed by atoms with Gasteiger partial charge in [-0.3, -0.25) is 4.79 Å². The third-order valence-electron chi connectivity index (χ3n) is 5.31. The highest BCUT2D eigenvalue weighted by Crippen LogP contribution is 2.25. The van der Waals surface area contributed by atoms with Gasteiger partial charge >= 0.3 is 0 Å². The molecule has 5 nitrogen and oxygen atoms in total. The van der Waals surface area contributed by atoms with E-state index in [2.05, 4.69) is 12.2 Å². The Morgan fingerprint density at radius 2 is 1.82 bits per heavy atom. The van der Waals surface area contributed by atoms with Gasteiger partial charge in [0.05, 0.1) is 10.8 Å². The van der Waals surface area contributed by atoms with Crippen LogP contribution >= 0.6 is 0 Å². The molecular formula is C22H28N2O3S. The van der Waals surface area contributed by atoms with Crippen LogP contribution in [0.1, 0.15) is 44.6 Å². The zero-order valence-corrected chi connectivity index (χ0v) is 17.3. The number of nitrogens with one attached hydrogen (secondary N) is 1. The minimum Gasteiger partial charge on any atom is -0.326 e. The Morgan fingerprint density at radius 3 is 2.43 bits per heavy atom. The lowest BCUT2D eigenvalue weighted by atomic mass is 9.95. The molecule has 1 N–H and O–H groups in total. The predicted molar refractivity (Wildman–Crippen MR) is 112 cm³/mol. The van der Waals surface area contributed by atoms with Crippen molar-refractivity contribution in [1.29, 1.82) is 0 Å². The zero-order valence-electron chi connectivity index (χ0n) is 16.5. The predicted octanol–water partition coefficient (Wildman–Crippen LogP) is 4.24. The number of hydrogen-bond donors (Lipinski definition) is 1. The normalized spacial score (nSPS) is 19.1. The van der Waals surface area contributed by atoms with Gasteiger partial charge in [-0.2, -0.15) is 4.31 Å². The van der Waals surface area contributed by atoms with Gasteiger partial charge in [-0.15, -0.1) is 0 Å². The molecule has 6 heteroatoms. The molecule has 0 saturated carbocycles. The standard InChI is InChI=1S/C22H28N2O3S/c1-3-21(18-9-5-4-6-10-18)22(25)23-19-11-13-20(14-12-19)28(26,27)24-15-7-8-17(2)16-24/h4-6,9-14,17,21H,3,7-8,15-16H2,1-2H3,(H,23,25). The van der Waals surface area contributed by atoms with Crippen molar-refractivity contribution in [2.24, 2.45) is 5.92 Å². The molecule has 0 radical (unpaired) electrons. The minimum absolute atomic E-state index is 0.0887. The third kappa shape index (κ3) is 4.62. The fourth-order valence-corrected chi connectivity index (χ4v) is 5.31. The molecule has 1 heterocycles. The average Bonchev–Trinajstić information content (AvgIpc) is 2.70. The van der Waals surface area contributed by atoms with E-state index < -0.39 is 10.0 Å². The first-order valence-electron chi connectivity index (χ1n) is 9.88. The zero-order chi connectivity index (χ0) is 20.1. The molecule has 1 amide bonds. The van der Waals surface area contributed by atoms with Crippen LogP contribution in [0, 0.1) is 5.92 Å². The summed E-state index contributed by atoms with van der Waals surface area (Å²) in [5.41, 5.74) is 1.58. The van der Waals surface area contributed by atoms with Crippen LogP contribution in [0.2, 0.25) is 0 Å². The fourth-order valence-electron chi connectivity index (χ4n) is 3.71. The molecule has 2 aromatic rings. The number of carbonyl (C=O) groups excluding carboxylic acids is 1. The van der Waals surface area contributed by atoms with Gasteiger partial charge in [0, 0.05) is 18.8 Å². The summed E-state index contributed by atoms with van der Waals surface area (Å²) in [6, 6.07) is 16.1. The Hall–Kier alpha value is -2.18. The number of anilines is 1. The molecule has 1 aliphatic rings. The summed E-state index contributed by atoms with van der Waals surface area (Å²) in [7, 11) is -3.48. The maximum Gasteiger partial charge on any atom is 0.243 e. The lowest BCUT2D eigenvalue weighted by Gasteiger charge is -2.30. The SMILES string of the molecule is CCC(C(=O)Nc1ccc(S(=O)(=O)N2CCCC(C)C2)cc1)c1ccccc1. The Balaban J connectivity index is 1.71. The number of nitrogens with zero attached hydrogens (tertiary/aromatic N) is 1. The first kappa shape index (κ1) is 20.6. The maximum atomic E-state index is 12.8. The lowest BCUT2D eigenvalue weighted by molar-refractivity contribution is -0.117. The maximum absolute atomic E-state index is 12.8. The van der Waals surface area contributed by atoms with Crippen molar-refractivity contribution in [3.63, 3.8) is 0 Å². The Morgan fingerprint density at radius 1 is 1.14 bits per heavy atom. The van der Waals surface area contributed by atoms with Gasteiger partial charge in [-0.1, -0.05) is 44.2 Å². The van der Waals surface area contributed by atoms with Gasteiger partial charge in [0.15, 0.2) is 0 Å².